The van der Waals surface area contributed by atoms with Crippen molar-refractivity contribution in [1.29, 1.82) is 0 Å². The molecule has 0 spiro atoms. The highest BCUT2D eigenvalue weighted by molar-refractivity contribution is 6.00. The lowest BCUT2D eigenvalue weighted by Crippen LogP contribution is -2.60. The predicted molar refractivity (Wildman–Crippen MR) is 213 cm³/mol. The number of oxime groups is 2. The Bertz CT molecular complexity index is 1700. The number of carbonyl (C=O) groups excluding carboxylic acids is 3. The number of nitro benzene ring substituents is 1. The summed E-state index contributed by atoms with van der Waals surface area (Å²) < 4.78 is 32.2. The lowest BCUT2D eigenvalue weighted by molar-refractivity contribution is -0.384. The lowest BCUT2D eigenvalue weighted by Gasteiger charge is -2.47. The summed E-state index contributed by atoms with van der Waals surface area (Å²) in [7, 11) is 3.68. The summed E-state index contributed by atoms with van der Waals surface area (Å²) >= 11 is 0. The van der Waals surface area contributed by atoms with Crippen LogP contribution in [0.25, 0.3) is 0 Å². The number of carbonyl (C=O) groups is 3. The normalized spacial score (nSPS) is 37.9. The van der Waals surface area contributed by atoms with Gasteiger partial charge in [0.15, 0.2) is 12.1 Å². The van der Waals surface area contributed by atoms with E-state index in [1.807, 2.05) is 32.8 Å². The van der Waals surface area contributed by atoms with E-state index in [0.717, 1.165) is 0 Å². The molecule has 2 bridgehead atoms. The molecule has 13 atom stereocenters. The molecule has 0 unspecified atom stereocenters. The molecule has 2 N–H and O–H groups in total. The minimum Gasteiger partial charge on any atom is -0.459 e. The van der Waals surface area contributed by atoms with Crippen LogP contribution in [-0.4, -0.2) is 131 Å². The molecule has 0 aliphatic carbocycles. The number of hydrogen-bond donors (Lipinski definition) is 2. The van der Waals surface area contributed by atoms with Crippen LogP contribution < -0.4 is 0 Å². The van der Waals surface area contributed by atoms with Crippen LogP contribution in [-0.2, 0) is 54.3 Å². The summed E-state index contributed by atoms with van der Waals surface area (Å²) in [5.41, 5.74) is -2.37. The number of rotatable bonds is 9. The Kier molecular flexibility index (Phi) is 16.3. The maximum absolute atomic E-state index is 14.5. The van der Waals surface area contributed by atoms with E-state index in [1.165, 1.54) is 32.9 Å². The third kappa shape index (κ3) is 11.5. The van der Waals surface area contributed by atoms with Gasteiger partial charge < -0.3 is 48.5 Å². The summed E-state index contributed by atoms with van der Waals surface area (Å²) in [5, 5.41) is 43.8. The average Bonchev–Trinajstić information content (AvgIpc) is 3.18. The van der Waals surface area contributed by atoms with Crippen LogP contribution in [0.15, 0.2) is 34.6 Å². The van der Waals surface area contributed by atoms with Crippen LogP contribution in [0.2, 0.25) is 0 Å². The van der Waals surface area contributed by atoms with Gasteiger partial charge in [-0.25, -0.2) is 4.79 Å². The smallest absolute Gasteiger partial charge is 0.331 e. The Hall–Kier alpha value is -3.91. The minimum atomic E-state index is -1.91. The van der Waals surface area contributed by atoms with E-state index in [1.54, 1.807) is 39.8 Å². The first-order valence-electron chi connectivity index (χ1n) is 20.1. The van der Waals surface area contributed by atoms with Gasteiger partial charge in [0.05, 0.1) is 47.8 Å². The highest BCUT2D eigenvalue weighted by atomic mass is 16.7. The fourth-order valence-corrected chi connectivity index (χ4v) is 8.41. The second kappa shape index (κ2) is 20.1. The molecule has 3 heterocycles. The summed E-state index contributed by atoms with van der Waals surface area (Å²) in [6, 6.07) is 5.42. The van der Waals surface area contributed by atoms with Gasteiger partial charge in [0.2, 0.25) is 0 Å². The van der Waals surface area contributed by atoms with Gasteiger partial charge >= 0.3 is 11.9 Å². The third-order valence-corrected chi connectivity index (χ3v) is 11.7. The molecule has 1 aromatic rings. The van der Waals surface area contributed by atoms with Gasteiger partial charge in [-0.05, 0) is 78.7 Å². The Morgan fingerprint density at radius 3 is 2.31 bits per heavy atom. The molecule has 3 fully saturated rings. The monoisotopic (exact) mass is 834 g/mol. The number of nitrogens with zero attached hydrogens (tertiary/aromatic N) is 4. The number of ether oxygens (including phenoxy) is 5. The number of esters is 1. The number of likely N-dealkylation sites (N-methyl/N-ethyl adjacent to an activating group) is 1. The van der Waals surface area contributed by atoms with Crippen LogP contribution in [0.3, 0.4) is 0 Å². The third-order valence-electron chi connectivity index (χ3n) is 11.7. The number of ketones is 1. The van der Waals surface area contributed by atoms with Gasteiger partial charge in [-0.15, -0.1) is 0 Å². The molecule has 1 aromatic carbocycles. The fraction of sp³-hybridized carbons (Fsp3) is 0.732. The average molecular weight is 835 g/mol. The van der Waals surface area contributed by atoms with Gasteiger partial charge in [-0.1, -0.05) is 38.0 Å². The molecule has 4 rings (SSSR count). The zero-order chi connectivity index (χ0) is 44.0. The Morgan fingerprint density at radius 2 is 1.71 bits per heavy atom. The van der Waals surface area contributed by atoms with E-state index < -0.39 is 88.2 Å². The van der Waals surface area contributed by atoms with Crippen molar-refractivity contribution in [2.24, 2.45) is 34.0 Å². The number of Topliss-reactive ketones (excluding diaryl/α,β-unsaturated/α-hetero) is 1. The lowest BCUT2D eigenvalue weighted by atomic mass is 9.74. The summed E-state index contributed by atoms with van der Waals surface area (Å²) in [6.07, 6.45) is -5.56. The molecule has 3 aliphatic rings. The van der Waals surface area contributed by atoms with Gasteiger partial charge in [0.25, 0.3) is 5.69 Å². The van der Waals surface area contributed by atoms with E-state index in [9.17, 15) is 34.7 Å². The Balaban J connectivity index is 1.93. The number of non-ortho nitro benzene ring substituents is 1. The summed E-state index contributed by atoms with van der Waals surface area (Å²) in [4.78, 5) is 64.0. The first-order valence-corrected chi connectivity index (χ1v) is 20.1. The maximum atomic E-state index is 14.5. The highest BCUT2D eigenvalue weighted by Gasteiger charge is 2.53. The molecule has 0 amide bonds. The minimum absolute atomic E-state index is 0.0665. The molecule has 0 saturated carbocycles. The first-order chi connectivity index (χ1) is 27.6. The standard InChI is InChI=1S/C41H62N4O14/c1-12-32-41(9,50)37-24(4)33(43-59-27(7)46)22(2)18-40(8,54-21-29(20-53-37)42-55-19-28-13-15-30(16-14-28)45(51)52)36(25(5)34(47)26(6)38(49)57-32)58-39-35(48)31(44(10)11)17-23(3)56-39/h13-16,22-26,31-32,35-37,39,48,50H,12,17-21H2,1-11H3/b42-29-,43-33+/t22-,23-,24+,25+,26-,31+,32-,35-,36-,37+,39+,40-,41-/m1/s1. The first kappa shape index (κ1) is 47.8. The number of cyclic esters (lactones) is 1. The van der Waals surface area contributed by atoms with Crippen molar-refractivity contribution in [1.82, 2.24) is 4.90 Å². The topological polar surface area (TPSA) is 227 Å². The van der Waals surface area contributed by atoms with E-state index in [-0.39, 0.29) is 56.2 Å². The maximum Gasteiger partial charge on any atom is 0.331 e. The largest absolute Gasteiger partial charge is 0.459 e. The molecular formula is C41H62N4O14. The zero-order valence-electron chi connectivity index (χ0n) is 36.0. The zero-order valence-corrected chi connectivity index (χ0v) is 36.0. The van der Waals surface area contributed by atoms with Crippen molar-refractivity contribution < 1.29 is 62.9 Å². The van der Waals surface area contributed by atoms with Crippen molar-refractivity contribution >= 4 is 34.8 Å². The van der Waals surface area contributed by atoms with Crippen molar-refractivity contribution in [3.05, 3.63) is 39.9 Å². The van der Waals surface area contributed by atoms with Crippen LogP contribution in [0.5, 0.6) is 0 Å². The molecule has 18 heteroatoms. The Labute approximate surface area is 345 Å². The second-order valence-corrected chi connectivity index (χ2v) is 16.8. The van der Waals surface area contributed by atoms with Gasteiger partial charge in [-0.3, -0.25) is 19.7 Å². The Morgan fingerprint density at radius 1 is 1.05 bits per heavy atom. The number of nitro groups is 1. The van der Waals surface area contributed by atoms with Crippen molar-refractivity contribution in [3.8, 4) is 0 Å². The molecule has 59 heavy (non-hydrogen) atoms. The number of benzene rings is 1. The van der Waals surface area contributed by atoms with Crippen LogP contribution in [0.1, 0.15) is 87.1 Å². The van der Waals surface area contributed by atoms with Gasteiger partial charge in [-0.2, -0.15) is 0 Å². The summed E-state index contributed by atoms with van der Waals surface area (Å²) in [6.45, 7) is 14.0. The van der Waals surface area contributed by atoms with E-state index in [4.69, 9.17) is 33.4 Å². The SMILES string of the molecule is CC[C@H]1OC(=O)[C@H](C)C(=O)[C@H](C)[C@@H](O[C@@H]2O[C@H](C)C[C@H](N(C)C)[C@H]2O)[C@@]2(C)C[C@@H](C)/C(=N\OC(C)=O)[C@H](C)[C@H](OC/C(=N/OCc3ccc([N+](=O)[O-])cc3)CO2)[C@]1(C)O. The molecule has 18 nitrogen and oxygen atoms in total. The highest BCUT2D eigenvalue weighted by Crippen LogP contribution is 2.40. The number of aliphatic hydroxyl groups excluding tert-OH is 1. The van der Waals surface area contributed by atoms with E-state index >= 15 is 0 Å². The number of hydrogen-bond acceptors (Lipinski definition) is 17. The molecule has 0 aromatic heterocycles. The quantitative estimate of drug-likeness (QED) is 0.118. The molecule has 3 aliphatic heterocycles. The van der Waals surface area contributed by atoms with E-state index in [2.05, 4.69) is 10.3 Å². The number of aliphatic hydroxyl groups is 2. The van der Waals surface area contributed by atoms with Crippen LogP contribution >= 0.6 is 0 Å². The predicted octanol–water partition coefficient (Wildman–Crippen LogP) is 3.96. The van der Waals surface area contributed by atoms with Crippen LogP contribution in [0, 0.1) is 33.8 Å². The van der Waals surface area contributed by atoms with Crippen molar-refractivity contribution in [3.63, 3.8) is 0 Å². The van der Waals surface area contributed by atoms with Crippen molar-refractivity contribution in [2.45, 2.75) is 142 Å². The fourth-order valence-electron chi connectivity index (χ4n) is 8.41. The second-order valence-electron chi connectivity index (χ2n) is 16.8. The van der Waals surface area contributed by atoms with E-state index in [0.29, 0.717) is 17.7 Å². The molecular weight excluding hydrogens is 772 g/mol. The number of fused-ring (bicyclic) bond motifs is 5. The van der Waals surface area contributed by atoms with Gasteiger partial charge in [0.1, 0.15) is 36.0 Å². The van der Waals surface area contributed by atoms with Gasteiger partial charge in [0, 0.05) is 42.9 Å². The van der Waals surface area contributed by atoms with Crippen molar-refractivity contribution in [2.75, 3.05) is 27.3 Å². The molecule has 330 valence electrons. The van der Waals surface area contributed by atoms with Crippen LogP contribution in [0.4, 0.5) is 5.69 Å². The molecule has 0 radical (unpaired) electrons. The summed E-state index contributed by atoms with van der Waals surface area (Å²) in [5.74, 6) is -5.88. The molecule has 3 saturated heterocycles.